The van der Waals surface area contributed by atoms with Gasteiger partial charge in [0.1, 0.15) is 11.8 Å². The summed E-state index contributed by atoms with van der Waals surface area (Å²) >= 11 is 5.67. The average Bonchev–Trinajstić information content (AvgIpc) is 3.28. The lowest BCUT2D eigenvalue weighted by molar-refractivity contribution is -0.143. The molecule has 65 heavy (non-hydrogen) atoms. The van der Waals surface area contributed by atoms with Crippen LogP contribution >= 0.6 is 12.2 Å². The second kappa shape index (κ2) is 18.9. The van der Waals surface area contributed by atoms with Crippen molar-refractivity contribution >= 4 is 58.5 Å². The lowest BCUT2D eigenvalue weighted by Gasteiger charge is -2.52. The lowest BCUT2D eigenvalue weighted by atomic mass is 9.73. The van der Waals surface area contributed by atoms with E-state index in [1.165, 1.54) is 0 Å². The number of pyridine rings is 1. The number of thiocarbonyl (C=S) groups is 1. The molecule has 3 saturated heterocycles. The monoisotopic (exact) mass is 933 g/mol. The van der Waals surface area contributed by atoms with Crippen molar-refractivity contribution in [2.75, 3.05) is 25.5 Å². The number of amides is 1. The highest BCUT2D eigenvalue weighted by Gasteiger charge is 2.53. The third-order valence-electron chi connectivity index (χ3n) is 12.8. The Morgan fingerprint density at radius 1 is 0.892 bits per heavy atom. The van der Waals surface area contributed by atoms with Gasteiger partial charge >= 0.3 is 12.4 Å². The van der Waals surface area contributed by atoms with Crippen LogP contribution in [0.5, 0.6) is 5.75 Å². The van der Waals surface area contributed by atoms with E-state index in [4.69, 9.17) is 21.4 Å². The molecule has 0 radical (unpaired) electrons. The fourth-order valence-corrected chi connectivity index (χ4v) is 14.6. The van der Waals surface area contributed by atoms with E-state index in [1.807, 2.05) is 91.0 Å². The molecule has 3 fully saturated rings. The topological polar surface area (TPSA) is 87.8 Å². The van der Waals surface area contributed by atoms with E-state index in [0.29, 0.717) is 29.3 Å². The van der Waals surface area contributed by atoms with Crippen molar-refractivity contribution in [1.29, 1.82) is 0 Å². The van der Waals surface area contributed by atoms with E-state index in [0.717, 1.165) is 47.3 Å². The number of hydrogen-bond acceptors (Lipinski definition) is 6. The Kier molecular flexibility index (Phi) is 13.9. The predicted octanol–water partition coefficient (Wildman–Crippen LogP) is 9.65. The Labute approximate surface area is 381 Å². The van der Waals surface area contributed by atoms with Gasteiger partial charge in [0.25, 0.3) is 8.32 Å². The summed E-state index contributed by atoms with van der Waals surface area (Å²) in [5, 5.41) is 10.6. The molecule has 8 rings (SSSR count). The number of piperidine rings is 3. The van der Waals surface area contributed by atoms with Gasteiger partial charge < -0.3 is 25.1 Å². The van der Waals surface area contributed by atoms with Gasteiger partial charge in [0.05, 0.1) is 35.9 Å². The summed E-state index contributed by atoms with van der Waals surface area (Å²) in [6.07, 6.45) is -5.78. The van der Waals surface area contributed by atoms with Gasteiger partial charge in [0.2, 0.25) is 5.91 Å². The number of rotatable bonds is 13. The Bertz CT molecular complexity index is 2430. The maximum absolute atomic E-state index is 15.5. The largest absolute Gasteiger partial charge is 0.497 e. The number of hydrogen-bond donors (Lipinski definition) is 3. The summed E-state index contributed by atoms with van der Waals surface area (Å²) in [5.41, 5.74) is -2.13. The fourth-order valence-electron chi connectivity index (χ4n) is 9.66. The van der Waals surface area contributed by atoms with Crippen molar-refractivity contribution in [3.8, 4) is 5.75 Å². The smallest absolute Gasteiger partial charge is 0.416 e. The van der Waals surface area contributed by atoms with Crippen LogP contribution in [0.3, 0.4) is 0 Å². The molecule has 8 nitrogen and oxygen atoms in total. The zero-order valence-corrected chi connectivity index (χ0v) is 38.6. The molecule has 2 bridgehead atoms. The van der Waals surface area contributed by atoms with E-state index in [1.54, 1.807) is 20.2 Å². The lowest BCUT2D eigenvalue weighted by Crippen LogP contribution is -2.69. The third kappa shape index (κ3) is 10.1. The predicted molar refractivity (Wildman–Crippen MR) is 249 cm³/mol. The zero-order chi connectivity index (χ0) is 46.9. The number of carbonyl (C=O) groups is 1. The molecular weight excluding hydrogens is 881 g/mol. The molecule has 7 unspecified atom stereocenters. The molecule has 3 N–H and O–H groups in total. The van der Waals surface area contributed by atoms with Crippen molar-refractivity contribution in [2.45, 2.75) is 82.2 Å². The summed E-state index contributed by atoms with van der Waals surface area (Å²) < 4.78 is 96.8. The Morgan fingerprint density at radius 3 is 2.03 bits per heavy atom. The minimum atomic E-state index is -5.09. The Hall–Kier alpha value is -5.29. The molecule has 5 aromatic rings. The number of fused-ring (bicyclic) bond motifs is 4. The number of nitrogens with one attached hydrogen (secondary N) is 3. The Morgan fingerprint density at radius 2 is 1.51 bits per heavy atom. The average molecular weight is 934 g/mol. The second-order valence-corrected chi connectivity index (χ2v) is 22.5. The van der Waals surface area contributed by atoms with E-state index < -0.39 is 66.6 Å². The summed E-state index contributed by atoms with van der Waals surface area (Å²) in [6.45, 7) is 13.6. The molecule has 1 aromatic heterocycles. The zero-order valence-electron chi connectivity index (χ0n) is 36.8. The minimum Gasteiger partial charge on any atom is -0.497 e. The summed E-state index contributed by atoms with van der Waals surface area (Å²) in [4.78, 5) is 22.4. The van der Waals surface area contributed by atoms with Gasteiger partial charge in [-0.2, -0.15) is 26.3 Å². The first-order valence-corrected chi connectivity index (χ1v) is 23.8. The van der Waals surface area contributed by atoms with Crippen LogP contribution in [0, 0.1) is 11.8 Å². The standard InChI is InChI=1S/C49H53F6N5O3SSi/c1-7-31-29-60-23-21-32(31)24-42(60)44(39-20-22-56-41-19-18-36(62-6)28-40(39)41)58-45(61)43(59-46(64)57-35-26-33(48(50,51)52)25-34(27-35)49(53,54)55)30(2)63-65(47(3,4)5,37-14-10-8-11-15-37)38-16-12-9-13-17-38/h7-20,22,25-28,30-32,42-44H,1,21,23-24,29H2,2-6H3,(H,58,61)(H2,57,59,64). The van der Waals surface area contributed by atoms with Gasteiger partial charge in [-0.25, -0.2) is 0 Å². The SMILES string of the molecule is C=CC1CN2CCC1CC2C(NC(=O)C(NC(=S)Nc1cc(C(F)(F)F)cc(C(F)(F)F)c1)C(C)O[Si](c1ccccc1)(c1ccccc1)C(C)(C)C)c1ccnc2ccc(OC)cc12. The maximum Gasteiger partial charge on any atom is 0.416 e. The van der Waals surface area contributed by atoms with Crippen molar-refractivity contribution < 1.29 is 40.3 Å². The fraction of sp³-hybridized carbons (Fsp3) is 0.367. The van der Waals surface area contributed by atoms with Crippen LogP contribution < -0.4 is 31.1 Å². The van der Waals surface area contributed by atoms with Crippen molar-refractivity contribution in [3.63, 3.8) is 0 Å². The molecule has 4 aromatic carbocycles. The highest BCUT2D eigenvalue weighted by molar-refractivity contribution is 7.80. The van der Waals surface area contributed by atoms with Crippen LogP contribution in [-0.2, 0) is 21.6 Å². The third-order valence-corrected chi connectivity index (χ3v) is 18.2. The van der Waals surface area contributed by atoms with E-state index in [2.05, 4.69) is 53.2 Å². The molecule has 16 heteroatoms. The number of benzene rings is 4. The number of anilines is 1. The van der Waals surface area contributed by atoms with Gasteiger partial charge in [0.15, 0.2) is 5.11 Å². The number of halogens is 6. The Balaban J connectivity index is 1.33. The molecule has 0 saturated carbocycles. The van der Waals surface area contributed by atoms with Crippen LogP contribution in [0.25, 0.3) is 10.9 Å². The summed E-state index contributed by atoms with van der Waals surface area (Å²) in [5.74, 6) is 0.639. The second-order valence-electron chi connectivity index (χ2n) is 17.9. The molecule has 4 heterocycles. The summed E-state index contributed by atoms with van der Waals surface area (Å²) in [6, 6.07) is 25.9. The molecule has 0 aliphatic carbocycles. The first-order chi connectivity index (χ1) is 30.7. The number of ether oxygens (including phenoxy) is 1. The van der Waals surface area contributed by atoms with Gasteiger partial charge in [-0.15, -0.1) is 6.58 Å². The number of alkyl halides is 6. The highest BCUT2D eigenvalue weighted by atomic mass is 32.1. The first kappa shape index (κ1) is 47.7. The molecule has 3 aliphatic rings. The number of aromatic nitrogens is 1. The molecule has 7 atom stereocenters. The van der Waals surface area contributed by atoms with Crippen LogP contribution in [0.2, 0.25) is 5.04 Å². The first-order valence-electron chi connectivity index (χ1n) is 21.5. The molecule has 344 valence electrons. The molecule has 0 spiro atoms. The maximum atomic E-state index is 15.5. The van der Waals surface area contributed by atoms with E-state index >= 15 is 4.79 Å². The number of methoxy groups -OCH3 is 1. The minimum absolute atomic E-state index is 0.0431. The quantitative estimate of drug-likeness (QED) is 0.0466. The van der Waals surface area contributed by atoms with Crippen molar-refractivity contribution in [2.24, 2.45) is 11.8 Å². The van der Waals surface area contributed by atoms with E-state index in [-0.39, 0.29) is 23.1 Å². The molecular formula is C49H53F6N5O3SSi. The van der Waals surface area contributed by atoms with E-state index in [9.17, 15) is 26.3 Å². The summed E-state index contributed by atoms with van der Waals surface area (Å²) in [7, 11) is -1.81. The van der Waals surface area contributed by atoms with Crippen LogP contribution in [-0.4, -0.2) is 67.6 Å². The number of carbonyl (C=O) groups excluding carboxylic acids is 1. The van der Waals surface area contributed by atoms with Gasteiger partial charge in [-0.1, -0.05) is 87.5 Å². The van der Waals surface area contributed by atoms with Gasteiger partial charge in [0, 0.05) is 29.9 Å². The van der Waals surface area contributed by atoms with Crippen molar-refractivity contribution in [3.05, 3.63) is 139 Å². The van der Waals surface area contributed by atoms with Crippen LogP contribution in [0.15, 0.2) is 122 Å². The normalized spacial score (nSPS) is 20.4. The van der Waals surface area contributed by atoms with Gasteiger partial charge in [-0.3, -0.25) is 14.7 Å². The molecule has 1 amide bonds. The van der Waals surface area contributed by atoms with Crippen LogP contribution in [0.4, 0.5) is 32.0 Å². The highest BCUT2D eigenvalue weighted by Crippen LogP contribution is 2.43. The van der Waals surface area contributed by atoms with Crippen molar-refractivity contribution in [1.82, 2.24) is 20.5 Å². The van der Waals surface area contributed by atoms with Gasteiger partial charge in [-0.05, 0) is 114 Å². The van der Waals surface area contributed by atoms with Crippen LogP contribution in [0.1, 0.15) is 63.3 Å². The number of nitrogens with zero attached hydrogens (tertiary/aromatic N) is 2. The molecule has 3 aliphatic heterocycles.